The van der Waals surface area contributed by atoms with Crippen LogP contribution >= 0.6 is 0 Å². The number of aliphatic hydroxyl groups is 1. The van der Waals surface area contributed by atoms with Crippen LogP contribution in [0.3, 0.4) is 0 Å². The third-order valence-electron chi connectivity index (χ3n) is 3.43. The zero-order valence-corrected chi connectivity index (χ0v) is 14.0. The van der Waals surface area contributed by atoms with Crippen molar-refractivity contribution in [1.82, 2.24) is 5.32 Å². The maximum atomic E-state index is 12.9. The molecule has 0 saturated carbocycles. The highest BCUT2D eigenvalue weighted by atomic mass is 19.4. The summed E-state index contributed by atoms with van der Waals surface area (Å²) in [6.07, 6.45) is -6.29. The Hall–Kier alpha value is -3.07. The molecule has 0 aliphatic rings. The van der Waals surface area contributed by atoms with Crippen molar-refractivity contribution in [1.29, 1.82) is 0 Å². The lowest BCUT2D eigenvalue weighted by atomic mass is 10.1. The molecule has 0 saturated heterocycles. The van der Waals surface area contributed by atoms with Gasteiger partial charge in [-0.05, 0) is 17.7 Å². The molecule has 3 N–H and O–H groups in total. The molecule has 0 spiro atoms. The van der Waals surface area contributed by atoms with Gasteiger partial charge in [-0.3, -0.25) is 0 Å². The number of urea groups is 1. The summed E-state index contributed by atoms with van der Waals surface area (Å²) in [5, 5.41) is 13.9. The van der Waals surface area contributed by atoms with Gasteiger partial charge in [-0.1, -0.05) is 42.5 Å². The van der Waals surface area contributed by atoms with Crippen LogP contribution in [0.5, 0.6) is 0 Å². The molecule has 0 bridgehead atoms. The smallest absolute Gasteiger partial charge is 0.418 e. The van der Waals surface area contributed by atoms with Crippen molar-refractivity contribution in [2.45, 2.75) is 18.9 Å². The number of halogens is 3. The Morgan fingerprint density at radius 2 is 1.67 bits per heavy atom. The number of benzene rings is 2. The van der Waals surface area contributed by atoms with Crippen LogP contribution in [-0.2, 0) is 22.3 Å². The fourth-order valence-electron chi connectivity index (χ4n) is 2.10. The molecule has 0 aliphatic carbocycles. The van der Waals surface area contributed by atoms with Gasteiger partial charge in [-0.2, -0.15) is 13.2 Å². The minimum Gasteiger partial charge on any atom is -0.459 e. The predicted octanol–water partition coefficient (Wildman–Crippen LogP) is 2.93. The van der Waals surface area contributed by atoms with Crippen molar-refractivity contribution in [3.05, 3.63) is 65.7 Å². The van der Waals surface area contributed by atoms with E-state index in [0.717, 1.165) is 12.1 Å². The number of carbonyl (C=O) groups excluding carboxylic acids is 2. The molecule has 0 aliphatic heterocycles. The average molecular weight is 382 g/mol. The third kappa shape index (κ3) is 6.30. The minimum atomic E-state index is -4.63. The summed E-state index contributed by atoms with van der Waals surface area (Å²) in [4.78, 5) is 23.4. The highest BCUT2D eigenvalue weighted by Gasteiger charge is 2.33. The molecule has 0 fully saturated rings. The first-order valence-electron chi connectivity index (χ1n) is 7.87. The van der Waals surface area contributed by atoms with Crippen molar-refractivity contribution in [2.24, 2.45) is 0 Å². The van der Waals surface area contributed by atoms with Crippen LogP contribution in [0, 0.1) is 0 Å². The Bertz CT molecular complexity index is 782. The molecule has 0 aromatic heterocycles. The lowest BCUT2D eigenvalue weighted by Crippen LogP contribution is -2.39. The lowest BCUT2D eigenvalue weighted by Gasteiger charge is -2.15. The fourth-order valence-corrected chi connectivity index (χ4v) is 2.10. The van der Waals surface area contributed by atoms with Crippen LogP contribution in [0.15, 0.2) is 54.6 Å². The van der Waals surface area contributed by atoms with E-state index in [1.165, 1.54) is 12.1 Å². The van der Waals surface area contributed by atoms with Crippen LogP contribution in [0.2, 0.25) is 0 Å². The van der Waals surface area contributed by atoms with E-state index in [4.69, 9.17) is 4.74 Å². The molecule has 2 aromatic rings. The number of hydrogen-bond acceptors (Lipinski definition) is 4. The van der Waals surface area contributed by atoms with Crippen molar-refractivity contribution in [3.8, 4) is 0 Å². The van der Waals surface area contributed by atoms with Crippen molar-refractivity contribution < 1.29 is 32.6 Å². The van der Waals surface area contributed by atoms with Gasteiger partial charge in [-0.15, -0.1) is 0 Å². The second-order valence-corrected chi connectivity index (χ2v) is 5.49. The number of ether oxygens (including phenoxy) is 1. The number of hydrogen-bond donors (Lipinski definition) is 3. The number of carbonyl (C=O) groups is 2. The Balaban J connectivity index is 1.82. The van der Waals surface area contributed by atoms with Gasteiger partial charge in [0.1, 0.15) is 6.61 Å². The number of esters is 1. The van der Waals surface area contributed by atoms with Gasteiger partial charge in [0, 0.05) is 0 Å². The van der Waals surface area contributed by atoms with E-state index in [1.54, 1.807) is 30.3 Å². The SMILES string of the molecule is O=C(NC[C@@H](O)C(=O)OCc1ccccc1)Nc1ccccc1C(F)(F)F. The number of amides is 2. The average Bonchev–Trinajstić information content (AvgIpc) is 2.64. The van der Waals surface area contributed by atoms with E-state index in [0.29, 0.717) is 5.56 Å². The Morgan fingerprint density at radius 3 is 2.33 bits per heavy atom. The molecule has 0 radical (unpaired) electrons. The molecule has 2 rings (SSSR count). The van der Waals surface area contributed by atoms with Crippen LogP contribution in [-0.4, -0.2) is 29.8 Å². The summed E-state index contributed by atoms with van der Waals surface area (Å²) in [7, 11) is 0. The summed E-state index contributed by atoms with van der Waals surface area (Å²) in [6.45, 7) is -0.574. The van der Waals surface area contributed by atoms with Crippen LogP contribution in [0.4, 0.5) is 23.7 Å². The third-order valence-corrected chi connectivity index (χ3v) is 3.43. The number of nitrogens with one attached hydrogen (secondary N) is 2. The minimum absolute atomic E-state index is 0.0537. The topological polar surface area (TPSA) is 87.7 Å². The molecule has 144 valence electrons. The van der Waals surface area contributed by atoms with Gasteiger partial charge in [0.15, 0.2) is 6.10 Å². The first kappa shape index (κ1) is 20.2. The molecular weight excluding hydrogens is 365 g/mol. The van der Waals surface area contributed by atoms with E-state index in [9.17, 15) is 27.9 Å². The van der Waals surface area contributed by atoms with Gasteiger partial charge in [0.2, 0.25) is 0 Å². The number of para-hydroxylation sites is 1. The summed E-state index contributed by atoms with van der Waals surface area (Å²) in [5.74, 6) is -0.963. The zero-order chi connectivity index (χ0) is 19.9. The van der Waals surface area contributed by atoms with Crippen LogP contribution < -0.4 is 10.6 Å². The van der Waals surface area contributed by atoms with Crippen molar-refractivity contribution in [2.75, 3.05) is 11.9 Å². The number of anilines is 1. The van der Waals surface area contributed by atoms with Crippen molar-refractivity contribution in [3.63, 3.8) is 0 Å². The molecule has 0 heterocycles. The molecule has 9 heteroatoms. The van der Waals surface area contributed by atoms with Gasteiger partial charge in [-0.25, -0.2) is 9.59 Å². The Labute approximate surface area is 153 Å². The van der Waals surface area contributed by atoms with Crippen molar-refractivity contribution >= 4 is 17.7 Å². The van der Waals surface area contributed by atoms with E-state index in [-0.39, 0.29) is 6.61 Å². The lowest BCUT2D eigenvalue weighted by molar-refractivity contribution is -0.154. The molecular formula is C18H17F3N2O4. The maximum Gasteiger partial charge on any atom is 0.418 e. The first-order valence-corrected chi connectivity index (χ1v) is 7.87. The summed E-state index contributed by atoms with van der Waals surface area (Å²) < 4.78 is 43.5. The molecule has 6 nitrogen and oxygen atoms in total. The standard InChI is InChI=1S/C18H17F3N2O4/c19-18(20,21)13-8-4-5-9-14(13)23-17(26)22-10-15(24)16(25)27-11-12-6-2-1-3-7-12/h1-9,15,24H,10-11H2,(H2,22,23,26)/t15-/m1/s1. The van der Waals surface area contributed by atoms with Gasteiger partial charge >= 0.3 is 18.2 Å². The largest absolute Gasteiger partial charge is 0.459 e. The number of rotatable bonds is 6. The highest BCUT2D eigenvalue weighted by molar-refractivity contribution is 5.90. The van der Waals surface area contributed by atoms with Crippen LogP contribution in [0.25, 0.3) is 0 Å². The zero-order valence-electron chi connectivity index (χ0n) is 14.0. The second-order valence-electron chi connectivity index (χ2n) is 5.49. The van der Waals surface area contributed by atoms with E-state index in [2.05, 4.69) is 5.32 Å². The Kier molecular flexibility index (Phi) is 6.78. The van der Waals surface area contributed by atoms with Gasteiger partial charge in [0.05, 0.1) is 17.8 Å². The number of aliphatic hydroxyl groups excluding tert-OH is 1. The summed E-state index contributed by atoms with van der Waals surface area (Å²) in [5.41, 5.74) is -0.737. The molecule has 0 unspecified atom stereocenters. The maximum absolute atomic E-state index is 12.9. The van der Waals surface area contributed by atoms with E-state index >= 15 is 0 Å². The van der Waals surface area contributed by atoms with Gasteiger partial charge < -0.3 is 20.5 Å². The van der Waals surface area contributed by atoms with Crippen LogP contribution in [0.1, 0.15) is 11.1 Å². The normalized spacial score (nSPS) is 12.1. The number of alkyl halides is 3. The summed E-state index contributed by atoms with van der Waals surface area (Å²) >= 11 is 0. The quantitative estimate of drug-likeness (QED) is 0.671. The molecule has 1 atom stereocenters. The predicted molar refractivity (Wildman–Crippen MR) is 90.7 cm³/mol. The molecule has 27 heavy (non-hydrogen) atoms. The first-order chi connectivity index (χ1) is 12.8. The second kappa shape index (κ2) is 9.04. The molecule has 2 amide bonds. The van der Waals surface area contributed by atoms with Gasteiger partial charge in [0.25, 0.3) is 0 Å². The highest BCUT2D eigenvalue weighted by Crippen LogP contribution is 2.34. The van der Waals surface area contributed by atoms with E-state index in [1.807, 2.05) is 5.32 Å². The Morgan fingerprint density at radius 1 is 1.04 bits per heavy atom. The monoisotopic (exact) mass is 382 g/mol. The van der Waals surface area contributed by atoms with E-state index < -0.39 is 42.1 Å². The summed E-state index contributed by atoms with van der Waals surface area (Å²) in [6, 6.07) is 12.2. The molecule has 2 aromatic carbocycles. The fraction of sp³-hybridized carbons (Fsp3) is 0.222.